The van der Waals surface area contributed by atoms with Crippen LogP contribution in [0, 0.1) is 13.8 Å². The molecule has 0 aliphatic heterocycles. The Morgan fingerprint density at radius 2 is 1.84 bits per heavy atom. The Balaban J connectivity index is 2.11. The second-order valence-electron chi connectivity index (χ2n) is 4.35. The Hall–Kier alpha value is -1.37. The van der Waals surface area contributed by atoms with Crippen molar-refractivity contribution in [2.45, 2.75) is 25.3 Å². The molecule has 0 amide bonds. The first-order valence-corrected chi connectivity index (χ1v) is 8.09. The van der Waals surface area contributed by atoms with Crippen LogP contribution in [0.1, 0.15) is 15.3 Å². The van der Waals surface area contributed by atoms with Crippen LogP contribution in [-0.2, 0) is 16.6 Å². The number of benzene rings is 1. The van der Waals surface area contributed by atoms with Gasteiger partial charge in [0, 0.05) is 22.0 Å². The van der Waals surface area contributed by atoms with Crippen LogP contribution < -0.4 is 10.5 Å². The molecule has 0 saturated heterocycles. The van der Waals surface area contributed by atoms with Gasteiger partial charge in [-0.1, -0.05) is 0 Å². The standard InChI is InChI=1S/C13H16N2O2S2/c1-9-7-12(18-10(9)2)8-15-19(16,17)13-5-3-11(14)4-6-13/h3-7,15H,8,14H2,1-2H3. The summed E-state index contributed by atoms with van der Waals surface area (Å²) >= 11 is 1.61. The molecule has 1 heterocycles. The molecule has 6 heteroatoms. The van der Waals surface area contributed by atoms with Gasteiger partial charge in [0.1, 0.15) is 0 Å². The Labute approximate surface area is 117 Å². The molecular formula is C13H16N2O2S2. The summed E-state index contributed by atoms with van der Waals surface area (Å²) in [5, 5.41) is 0. The predicted molar refractivity (Wildman–Crippen MR) is 78.7 cm³/mol. The van der Waals surface area contributed by atoms with Crippen LogP contribution in [0.5, 0.6) is 0 Å². The number of nitrogens with two attached hydrogens (primary N) is 1. The van der Waals surface area contributed by atoms with Crippen LogP contribution in [0.25, 0.3) is 0 Å². The van der Waals surface area contributed by atoms with Crippen molar-refractivity contribution in [3.63, 3.8) is 0 Å². The van der Waals surface area contributed by atoms with Gasteiger partial charge in [0.25, 0.3) is 0 Å². The number of rotatable bonds is 4. The molecule has 0 atom stereocenters. The number of hydrogen-bond donors (Lipinski definition) is 2. The molecule has 0 fully saturated rings. The van der Waals surface area contributed by atoms with Gasteiger partial charge >= 0.3 is 0 Å². The lowest BCUT2D eigenvalue weighted by molar-refractivity contribution is 0.582. The van der Waals surface area contributed by atoms with Crippen LogP contribution in [0.15, 0.2) is 35.2 Å². The zero-order valence-corrected chi connectivity index (χ0v) is 12.4. The molecule has 0 aliphatic carbocycles. The Morgan fingerprint density at radius 1 is 1.21 bits per heavy atom. The molecule has 0 spiro atoms. The zero-order chi connectivity index (χ0) is 14.0. The van der Waals surface area contributed by atoms with Crippen LogP contribution in [0.4, 0.5) is 5.69 Å². The van der Waals surface area contributed by atoms with Crippen molar-refractivity contribution >= 4 is 27.0 Å². The second-order valence-corrected chi connectivity index (χ2v) is 7.45. The van der Waals surface area contributed by atoms with Gasteiger partial charge in [0.05, 0.1) is 4.90 Å². The lowest BCUT2D eigenvalue weighted by Crippen LogP contribution is -2.22. The average molecular weight is 296 g/mol. The van der Waals surface area contributed by atoms with Crippen molar-refractivity contribution in [3.8, 4) is 0 Å². The van der Waals surface area contributed by atoms with E-state index in [0.717, 1.165) is 4.88 Å². The Bertz CT molecular complexity index is 654. The molecule has 0 aliphatic rings. The second kappa shape index (κ2) is 5.32. The fourth-order valence-electron chi connectivity index (χ4n) is 1.63. The third-order valence-electron chi connectivity index (χ3n) is 2.84. The topological polar surface area (TPSA) is 72.2 Å². The first kappa shape index (κ1) is 14.0. The number of hydrogen-bond acceptors (Lipinski definition) is 4. The molecule has 0 bridgehead atoms. The van der Waals surface area contributed by atoms with Crippen LogP contribution in [-0.4, -0.2) is 8.42 Å². The van der Waals surface area contributed by atoms with Gasteiger partial charge in [-0.25, -0.2) is 13.1 Å². The smallest absolute Gasteiger partial charge is 0.240 e. The van der Waals surface area contributed by atoms with E-state index in [9.17, 15) is 8.42 Å². The highest BCUT2D eigenvalue weighted by molar-refractivity contribution is 7.89. The van der Waals surface area contributed by atoms with Crippen LogP contribution in [0.3, 0.4) is 0 Å². The number of thiophene rings is 1. The minimum atomic E-state index is -3.48. The molecule has 0 unspecified atom stereocenters. The summed E-state index contributed by atoms with van der Waals surface area (Å²) in [6, 6.07) is 8.17. The summed E-state index contributed by atoms with van der Waals surface area (Å²) in [6.07, 6.45) is 0. The maximum atomic E-state index is 12.1. The highest BCUT2D eigenvalue weighted by Gasteiger charge is 2.14. The molecule has 3 N–H and O–H groups in total. The molecule has 2 rings (SSSR count). The van der Waals surface area contributed by atoms with Crippen molar-refractivity contribution < 1.29 is 8.42 Å². The van der Waals surface area contributed by atoms with Gasteiger partial charge < -0.3 is 5.73 Å². The van der Waals surface area contributed by atoms with Gasteiger partial charge in [-0.15, -0.1) is 11.3 Å². The highest BCUT2D eigenvalue weighted by atomic mass is 32.2. The SMILES string of the molecule is Cc1cc(CNS(=O)(=O)c2ccc(N)cc2)sc1C. The van der Waals surface area contributed by atoms with Crippen LogP contribution in [0.2, 0.25) is 0 Å². The van der Waals surface area contributed by atoms with Gasteiger partial charge in [-0.2, -0.15) is 0 Å². The summed E-state index contributed by atoms with van der Waals surface area (Å²) in [5.74, 6) is 0. The molecule has 1 aromatic carbocycles. The van der Waals surface area contributed by atoms with E-state index >= 15 is 0 Å². The van der Waals surface area contributed by atoms with Gasteiger partial charge in [0.2, 0.25) is 10.0 Å². The number of nitrogen functional groups attached to an aromatic ring is 1. The van der Waals surface area contributed by atoms with Crippen molar-refractivity contribution in [2.24, 2.45) is 0 Å². The summed E-state index contributed by atoms with van der Waals surface area (Å²) in [4.78, 5) is 2.45. The van der Waals surface area contributed by atoms with Crippen LogP contribution >= 0.6 is 11.3 Å². The number of anilines is 1. The molecule has 2 aromatic rings. The number of aryl methyl sites for hydroxylation is 2. The minimum Gasteiger partial charge on any atom is -0.399 e. The molecule has 102 valence electrons. The maximum absolute atomic E-state index is 12.1. The molecule has 1 aromatic heterocycles. The van der Waals surface area contributed by atoms with E-state index in [0.29, 0.717) is 12.2 Å². The molecular weight excluding hydrogens is 280 g/mol. The van der Waals surface area contributed by atoms with Crippen molar-refractivity contribution in [2.75, 3.05) is 5.73 Å². The maximum Gasteiger partial charge on any atom is 0.240 e. The van der Waals surface area contributed by atoms with Crippen molar-refractivity contribution in [3.05, 3.63) is 45.6 Å². The lowest BCUT2D eigenvalue weighted by atomic mass is 10.3. The minimum absolute atomic E-state index is 0.228. The third kappa shape index (κ3) is 3.34. The van der Waals surface area contributed by atoms with E-state index in [1.54, 1.807) is 23.5 Å². The first-order valence-electron chi connectivity index (χ1n) is 5.79. The fourth-order valence-corrected chi connectivity index (χ4v) is 3.72. The first-order chi connectivity index (χ1) is 8.88. The van der Waals surface area contributed by atoms with E-state index in [-0.39, 0.29) is 4.90 Å². The van der Waals surface area contributed by atoms with Gasteiger partial charge in [0.15, 0.2) is 0 Å². The van der Waals surface area contributed by atoms with Gasteiger partial charge in [-0.3, -0.25) is 0 Å². The average Bonchev–Trinajstić information content (AvgIpc) is 2.67. The van der Waals surface area contributed by atoms with E-state index < -0.39 is 10.0 Å². The Kier molecular flexibility index (Phi) is 3.93. The van der Waals surface area contributed by atoms with Gasteiger partial charge in [-0.05, 0) is 49.7 Å². The summed E-state index contributed by atoms with van der Waals surface area (Å²) in [6.45, 7) is 4.35. The lowest BCUT2D eigenvalue weighted by Gasteiger charge is -2.05. The Morgan fingerprint density at radius 3 is 2.37 bits per heavy atom. The molecule has 0 radical (unpaired) electrons. The number of nitrogens with one attached hydrogen (secondary N) is 1. The highest BCUT2D eigenvalue weighted by Crippen LogP contribution is 2.21. The fraction of sp³-hybridized carbons (Fsp3) is 0.231. The molecule has 0 saturated carbocycles. The zero-order valence-electron chi connectivity index (χ0n) is 10.8. The molecule has 4 nitrogen and oxygen atoms in total. The number of sulfonamides is 1. The quantitative estimate of drug-likeness (QED) is 0.851. The van der Waals surface area contributed by atoms with E-state index in [2.05, 4.69) is 4.72 Å². The molecule has 19 heavy (non-hydrogen) atoms. The monoisotopic (exact) mass is 296 g/mol. The van der Waals surface area contributed by atoms with E-state index in [4.69, 9.17) is 5.73 Å². The summed E-state index contributed by atoms with van der Waals surface area (Å²) in [7, 11) is -3.48. The largest absolute Gasteiger partial charge is 0.399 e. The normalized spacial score (nSPS) is 11.7. The summed E-state index contributed by atoms with van der Waals surface area (Å²) < 4.78 is 26.7. The van der Waals surface area contributed by atoms with Crippen molar-refractivity contribution in [1.82, 2.24) is 4.72 Å². The van der Waals surface area contributed by atoms with E-state index in [1.165, 1.54) is 22.6 Å². The van der Waals surface area contributed by atoms with Crippen molar-refractivity contribution in [1.29, 1.82) is 0 Å². The van der Waals surface area contributed by atoms with E-state index in [1.807, 2.05) is 19.9 Å². The predicted octanol–water partition coefficient (Wildman–Crippen LogP) is 2.43. The summed E-state index contributed by atoms with van der Waals surface area (Å²) in [5.41, 5.74) is 7.27. The third-order valence-corrected chi connectivity index (χ3v) is 5.41.